The van der Waals surface area contributed by atoms with Crippen molar-refractivity contribution in [1.29, 1.82) is 0 Å². The zero-order chi connectivity index (χ0) is 16.8. The van der Waals surface area contributed by atoms with E-state index in [-0.39, 0.29) is 17.7 Å². The second-order valence-electron chi connectivity index (χ2n) is 6.00. The van der Waals surface area contributed by atoms with Crippen LogP contribution in [0.3, 0.4) is 0 Å². The van der Waals surface area contributed by atoms with E-state index in [1.807, 2.05) is 37.3 Å². The van der Waals surface area contributed by atoms with Crippen molar-refractivity contribution in [2.24, 2.45) is 0 Å². The Balaban J connectivity index is 2.22. The first-order valence-corrected chi connectivity index (χ1v) is 10.2. The van der Waals surface area contributed by atoms with Crippen molar-refractivity contribution in [3.05, 3.63) is 62.7 Å². The molecule has 2 aromatic rings. The summed E-state index contributed by atoms with van der Waals surface area (Å²) in [5, 5.41) is 9.79. The van der Waals surface area contributed by atoms with Gasteiger partial charge in [0.25, 0.3) is 0 Å². The molecular formula is C17H18INO3S. The number of phenolic OH excluding ortho intramolecular Hbond substituents is 1. The summed E-state index contributed by atoms with van der Waals surface area (Å²) in [6.45, 7) is 2.40. The van der Waals surface area contributed by atoms with Crippen LogP contribution >= 0.6 is 22.6 Å². The van der Waals surface area contributed by atoms with Gasteiger partial charge in [-0.05, 0) is 69.5 Å². The van der Waals surface area contributed by atoms with E-state index in [2.05, 4.69) is 22.6 Å². The number of aromatic hydroxyl groups is 1. The maximum Gasteiger partial charge on any atom is 0.212 e. The molecule has 0 aliphatic carbocycles. The maximum absolute atomic E-state index is 12.3. The Morgan fingerprint density at radius 2 is 1.78 bits per heavy atom. The number of benzene rings is 2. The lowest BCUT2D eigenvalue weighted by Gasteiger charge is -2.39. The molecule has 4 nitrogen and oxygen atoms in total. The van der Waals surface area contributed by atoms with E-state index in [9.17, 15) is 13.5 Å². The topological polar surface area (TPSA) is 57.6 Å². The predicted molar refractivity (Wildman–Crippen MR) is 99.1 cm³/mol. The lowest BCUT2D eigenvalue weighted by Crippen LogP contribution is -2.41. The molecule has 0 aromatic heterocycles. The third-order valence-corrected chi connectivity index (χ3v) is 6.18. The highest BCUT2D eigenvalue weighted by atomic mass is 127. The van der Waals surface area contributed by atoms with Gasteiger partial charge in [0.1, 0.15) is 5.75 Å². The van der Waals surface area contributed by atoms with Crippen LogP contribution in [-0.2, 0) is 10.0 Å². The molecule has 3 rings (SSSR count). The molecule has 122 valence electrons. The first-order chi connectivity index (χ1) is 10.8. The molecule has 2 unspecified atom stereocenters. The molecule has 0 bridgehead atoms. The second kappa shape index (κ2) is 6.07. The number of nitrogens with zero attached hydrogens (tertiary/aromatic N) is 1. The van der Waals surface area contributed by atoms with E-state index in [0.717, 1.165) is 20.3 Å². The summed E-state index contributed by atoms with van der Waals surface area (Å²) < 4.78 is 27.3. The summed E-state index contributed by atoms with van der Waals surface area (Å²) in [6.07, 6.45) is 1.25. The van der Waals surface area contributed by atoms with Crippen molar-refractivity contribution in [2.45, 2.75) is 18.9 Å². The molecule has 0 saturated carbocycles. The first kappa shape index (κ1) is 16.7. The van der Waals surface area contributed by atoms with Gasteiger partial charge >= 0.3 is 0 Å². The monoisotopic (exact) mass is 443 g/mol. The number of sulfonamides is 1. The van der Waals surface area contributed by atoms with Crippen LogP contribution in [0, 0.1) is 3.57 Å². The van der Waals surface area contributed by atoms with Crippen molar-refractivity contribution in [3.63, 3.8) is 0 Å². The molecule has 1 aliphatic rings. The zero-order valence-electron chi connectivity index (χ0n) is 12.9. The average Bonchev–Trinajstić information content (AvgIpc) is 2.48. The Kier molecular flexibility index (Phi) is 4.41. The van der Waals surface area contributed by atoms with E-state index >= 15 is 0 Å². The Morgan fingerprint density at radius 3 is 2.39 bits per heavy atom. The van der Waals surface area contributed by atoms with Gasteiger partial charge < -0.3 is 5.11 Å². The third kappa shape index (κ3) is 3.25. The number of phenols is 1. The van der Waals surface area contributed by atoms with Crippen LogP contribution in [0.1, 0.15) is 35.6 Å². The van der Waals surface area contributed by atoms with Crippen LogP contribution in [0.25, 0.3) is 0 Å². The molecule has 6 heteroatoms. The Morgan fingerprint density at radius 1 is 1.13 bits per heavy atom. The number of hydrogen-bond donors (Lipinski definition) is 1. The highest BCUT2D eigenvalue weighted by Crippen LogP contribution is 2.42. The summed E-state index contributed by atoms with van der Waals surface area (Å²) in [6, 6.07) is 12.8. The highest BCUT2D eigenvalue weighted by molar-refractivity contribution is 14.1. The van der Waals surface area contributed by atoms with Crippen molar-refractivity contribution >= 4 is 32.6 Å². The van der Waals surface area contributed by atoms with Gasteiger partial charge in [0, 0.05) is 10.1 Å². The van der Waals surface area contributed by atoms with Gasteiger partial charge in [-0.1, -0.05) is 25.1 Å². The minimum absolute atomic E-state index is 0.0342. The normalized spacial score (nSPS) is 21.9. The molecule has 0 amide bonds. The summed E-state index contributed by atoms with van der Waals surface area (Å²) in [5.74, 6) is 0.247. The Bertz CT molecular complexity index is 833. The summed E-state index contributed by atoms with van der Waals surface area (Å²) in [7, 11) is -3.35. The average molecular weight is 443 g/mol. The standard InChI is InChI=1S/C17H18INO3S/c1-11-10-19(23(2,21)22)17(12-3-5-13(18)6-4-12)15-8-7-14(20)9-16(11)15/h3-9,11,17,20H,10H2,1-2H3. The molecule has 23 heavy (non-hydrogen) atoms. The fraction of sp³-hybridized carbons (Fsp3) is 0.294. The largest absolute Gasteiger partial charge is 0.508 e. The van der Waals surface area contributed by atoms with Crippen LogP contribution in [0.2, 0.25) is 0 Å². The van der Waals surface area contributed by atoms with Crippen molar-refractivity contribution in [1.82, 2.24) is 4.31 Å². The van der Waals surface area contributed by atoms with E-state index in [0.29, 0.717) is 6.54 Å². The highest BCUT2D eigenvalue weighted by Gasteiger charge is 2.37. The molecule has 0 saturated heterocycles. The van der Waals surface area contributed by atoms with Gasteiger partial charge in [-0.2, -0.15) is 4.31 Å². The third-order valence-electron chi connectivity index (χ3n) is 4.25. The lowest BCUT2D eigenvalue weighted by atomic mass is 9.84. The molecule has 0 fully saturated rings. The van der Waals surface area contributed by atoms with Gasteiger partial charge in [0.15, 0.2) is 0 Å². The molecule has 2 atom stereocenters. The van der Waals surface area contributed by atoms with Crippen molar-refractivity contribution in [2.75, 3.05) is 12.8 Å². The quantitative estimate of drug-likeness (QED) is 0.724. The molecule has 1 aliphatic heterocycles. The molecule has 2 aromatic carbocycles. The van der Waals surface area contributed by atoms with E-state index in [4.69, 9.17) is 0 Å². The predicted octanol–water partition coefficient (Wildman–Crippen LogP) is 3.46. The Labute approximate surface area is 150 Å². The van der Waals surface area contributed by atoms with Crippen LogP contribution in [0.5, 0.6) is 5.75 Å². The number of halogens is 1. The van der Waals surface area contributed by atoms with Crippen LogP contribution in [0.15, 0.2) is 42.5 Å². The van der Waals surface area contributed by atoms with Crippen LogP contribution in [0.4, 0.5) is 0 Å². The van der Waals surface area contributed by atoms with Gasteiger partial charge in [-0.3, -0.25) is 0 Å². The smallest absolute Gasteiger partial charge is 0.212 e. The lowest BCUT2D eigenvalue weighted by molar-refractivity contribution is 0.321. The van der Waals surface area contributed by atoms with Gasteiger partial charge in [-0.15, -0.1) is 0 Å². The summed E-state index contributed by atoms with van der Waals surface area (Å²) >= 11 is 2.23. The molecule has 1 N–H and O–H groups in total. The van der Waals surface area contributed by atoms with Gasteiger partial charge in [-0.25, -0.2) is 8.42 Å². The SMILES string of the molecule is CC1CN(S(C)(=O)=O)C(c2ccc(I)cc2)c2ccc(O)cc21. The van der Waals surface area contributed by atoms with E-state index < -0.39 is 10.0 Å². The van der Waals surface area contributed by atoms with Crippen molar-refractivity contribution < 1.29 is 13.5 Å². The minimum Gasteiger partial charge on any atom is -0.508 e. The molecule has 1 heterocycles. The summed E-state index contributed by atoms with van der Waals surface area (Å²) in [5.41, 5.74) is 2.89. The minimum atomic E-state index is -3.35. The Hall–Kier alpha value is -1.12. The van der Waals surface area contributed by atoms with Crippen LogP contribution < -0.4 is 0 Å². The molecule has 0 radical (unpaired) electrons. The second-order valence-corrected chi connectivity index (χ2v) is 9.18. The number of fused-ring (bicyclic) bond motifs is 1. The first-order valence-electron chi connectivity index (χ1n) is 7.32. The van der Waals surface area contributed by atoms with Crippen molar-refractivity contribution in [3.8, 4) is 5.75 Å². The molecular weight excluding hydrogens is 425 g/mol. The number of hydrogen-bond acceptors (Lipinski definition) is 3. The van der Waals surface area contributed by atoms with Gasteiger partial charge in [0.2, 0.25) is 10.0 Å². The fourth-order valence-corrected chi connectivity index (χ4v) is 4.66. The summed E-state index contributed by atoms with van der Waals surface area (Å²) in [4.78, 5) is 0. The van der Waals surface area contributed by atoms with Gasteiger partial charge in [0.05, 0.1) is 12.3 Å². The maximum atomic E-state index is 12.3. The molecule has 0 spiro atoms. The number of rotatable bonds is 2. The van der Waals surface area contributed by atoms with Crippen LogP contribution in [-0.4, -0.2) is 30.6 Å². The van der Waals surface area contributed by atoms with E-state index in [1.165, 1.54) is 6.26 Å². The van der Waals surface area contributed by atoms with E-state index in [1.54, 1.807) is 16.4 Å². The fourth-order valence-electron chi connectivity index (χ4n) is 3.18. The zero-order valence-corrected chi connectivity index (χ0v) is 15.9.